The van der Waals surface area contributed by atoms with Crippen LogP contribution in [0.15, 0.2) is 29.2 Å². The quantitative estimate of drug-likeness (QED) is 0.763. The zero-order chi connectivity index (χ0) is 18.6. The highest BCUT2D eigenvalue weighted by atomic mass is 32.2. The van der Waals surface area contributed by atoms with Gasteiger partial charge in [0.2, 0.25) is 5.91 Å². The molecule has 2 aliphatic rings. The van der Waals surface area contributed by atoms with E-state index in [1.165, 1.54) is 35.2 Å². The molecule has 1 N–H and O–H groups in total. The molecule has 1 saturated heterocycles. The van der Waals surface area contributed by atoms with E-state index in [1.807, 2.05) is 0 Å². The Morgan fingerprint density at radius 3 is 2.69 bits per heavy atom. The van der Waals surface area contributed by atoms with E-state index in [0.29, 0.717) is 32.5 Å². The molecule has 1 aliphatic heterocycles. The third-order valence-corrected chi connectivity index (χ3v) is 7.02. The van der Waals surface area contributed by atoms with E-state index in [-0.39, 0.29) is 16.9 Å². The SMILES string of the molecule is Cn1cnc(S(=O)(=O)N2CCC(C(=O)NCCC3=CCCCC3)CC2)c1. The van der Waals surface area contributed by atoms with E-state index in [0.717, 1.165) is 19.3 Å². The molecule has 144 valence electrons. The number of amides is 1. The van der Waals surface area contributed by atoms with Crippen molar-refractivity contribution in [3.63, 3.8) is 0 Å². The Kier molecular flexibility index (Phi) is 6.13. The van der Waals surface area contributed by atoms with Gasteiger partial charge in [0.05, 0.1) is 6.33 Å². The van der Waals surface area contributed by atoms with Gasteiger partial charge in [-0.25, -0.2) is 13.4 Å². The molecule has 1 amide bonds. The molecule has 7 nitrogen and oxygen atoms in total. The van der Waals surface area contributed by atoms with Crippen molar-refractivity contribution < 1.29 is 13.2 Å². The van der Waals surface area contributed by atoms with E-state index < -0.39 is 10.0 Å². The zero-order valence-corrected chi connectivity index (χ0v) is 16.2. The van der Waals surface area contributed by atoms with Crippen molar-refractivity contribution >= 4 is 15.9 Å². The summed E-state index contributed by atoms with van der Waals surface area (Å²) in [5, 5.41) is 3.10. The average Bonchev–Trinajstić information content (AvgIpc) is 3.10. The second kappa shape index (κ2) is 8.35. The van der Waals surface area contributed by atoms with Crippen molar-refractivity contribution in [1.82, 2.24) is 19.2 Å². The van der Waals surface area contributed by atoms with Gasteiger partial charge in [-0.3, -0.25) is 4.79 Å². The van der Waals surface area contributed by atoms with Gasteiger partial charge in [-0.05, 0) is 44.9 Å². The van der Waals surface area contributed by atoms with Crippen molar-refractivity contribution in [3.05, 3.63) is 24.2 Å². The minimum atomic E-state index is -3.56. The summed E-state index contributed by atoms with van der Waals surface area (Å²) in [6.45, 7) is 1.40. The lowest BCUT2D eigenvalue weighted by Crippen LogP contribution is -2.43. The van der Waals surface area contributed by atoms with Crippen LogP contribution in [0, 0.1) is 5.92 Å². The smallest absolute Gasteiger partial charge is 0.262 e. The highest BCUT2D eigenvalue weighted by Crippen LogP contribution is 2.23. The lowest BCUT2D eigenvalue weighted by molar-refractivity contribution is -0.126. The van der Waals surface area contributed by atoms with Crippen LogP contribution in [0.3, 0.4) is 0 Å². The van der Waals surface area contributed by atoms with Crippen LogP contribution < -0.4 is 5.32 Å². The van der Waals surface area contributed by atoms with Gasteiger partial charge in [-0.1, -0.05) is 11.6 Å². The molecule has 0 spiro atoms. The molecule has 0 atom stereocenters. The Morgan fingerprint density at radius 1 is 1.31 bits per heavy atom. The molecule has 1 aliphatic carbocycles. The number of sulfonamides is 1. The summed E-state index contributed by atoms with van der Waals surface area (Å²) in [6.07, 6.45) is 12.2. The largest absolute Gasteiger partial charge is 0.356 e. The van der Waals surface area contributed by atoms with Gasteiger partial charge >= 0.3 is 0 Å². The second-order valence-corrected chi connectivity index (χ2v) is 9.09. The number of aryl methyl sites for hydroxylation is 1. The highest BCUT2D eigenvalue weighted by molar-refractivity contribution is 7.89. The van der Waals surface area contributed by atoms with Crippen LogP contribution in [0.4, 0.5) is 0 Å². The number of nitrogens with one attached hydrogen (secondary N) is 1. The summed E-state index contributed by atoms with van der Waals surface area (Å²) < 4.78 is 28.2. The van der Waals surface area contributed by atoms with Crippen LogP contribution in [-0.4, -0.2) is 47.8 Å². The minimum Gasteiger partial charge on any atom is -0.356 e. The molecule has 3 rings (SSSR count). The predicted octanol–water partition coefficient (Wildman–Crippen LogP) is 1.83. The first-order valence-corrected chi connectivity index (χ1v) is 10.8. The van der Waals surface area contributed by atoms with E-state index in [2.05, 4.69) is 16.4 Å². The zero-order valence-electron chi connectivity index (χ0n) is 15.4. The number of carbonyl (C=O) groups excluding carboxylic acids is 1. The van der Waals surface area contributed by atoms with Gasteiger partial charge in [0.1, 0.15) is 0 Å². The number of piperidine rings is 1. The lowest BCUT2D eigenvalue weighted by Gasteiger charge is -2.30. The fourth-order valence-corrected chi connectivity index (χ4v) is 5.07. The normalized spacial score (nSPS) is 20.0. The lowest BCUT2D eigenvalue weighted by atomic mass is 9.96. The number of hydrogen-bond donors (Lipinski definition) is 1. The summed E-state index contributed by atoms with van der Waals surface area (Å²) in [5.74, 6) is -0.0539. The summed E-state index contributed by atoms with van der Waals surface area (Å²) in [5.41, 5.74) is 1.45. The molecule has 0 bridgehead atoms. The topological polar surface area (TPSA) is 84.3 Å². The van der Waals surface area contributed by atoms with E-state index in [9.17, 15) is 13.2 Å². The van der Waals surface area contributed by atoms with Crippen LogP contribution >= 0.6 is 0 Å². The van der Waals surface area contributed by atoms with Crippen LogP contribution in [0.1, 0.15) is 44.9 Å². The van der Waals surface area contributed by atoms with Crippen molar-refractivity contribution in [1.29, 1.82) is 0 Å². The van der Waals surface area contributed by atoms with Crippen molar-refractivity contribution in [2.75, 3.05) is 19.6 Å². The fourth-order valence-electron chi connectivity index (χ4n) is 3.63. The van der Waals surface area contributed by atoms with Gasteiger partial charge in [0, 0.05) is 38.8 Å². The molecular weight excluding hydrogens is 352 g/mol. The number of hydrogen-bond acceptors (Lipinski definition) is 4. The van der Waals surface area contributed by atoms with Crippen LogP contribution in [-0.2, 0) is 21.9 Å². The Bertz CT molecular complexity index is 761. The maximum absolute atomic E-state index is 12.6. The standard InChI is InChI=1S/C18H28N4O3S/c1-21-13-17(20-14-21)26(24,25)22-11-8-16(9-12-22)18(23)19-10-7-15-5-3-2-4-6-15/h5,13-14,16H,2-4,6-12H2,1H3,(H,19,23). The van der Waals surface area contributed by atoms with E-state index in [1.54, 1.807) is 11.6 Å². The Hall–Kier alpha value is -1.67. The van der Waals surface area contributed by atoms with E-state index >= 15 is 0 Å². The maximum Gasteiger partial charge on any atom is 0.262 e. The third kappa shape index (κ3) is 4.54. The number of allylic oxidation sites excluding steroid dienone is 1. The molecule has 1 aromatic heterocycles. The van der Waals surface area contributed by atoms with Gasteiger partial charge in [-0.2, -0.15) is 4.31 Å². The summed E-state index contributed by atoms with van der Waals surface area (Å²) in [6, 6.07) is 0. The summed E-state index contributed by atoms with van der Waals surface area (Å²) in [7, 11) is -1.82. The first-order valence-electron chi connectivity index (χ1n) is 9.40. The molecule has 26 heavy (non-hydrogen) atoms. The third-order valence-electron chi connectivity index (χ3n) is 5.24. The van der Waals surface area contributed by atoms with Gasteiger partial charge in [0.15, 0.2) is 5.03 Å². The Morgan fingerprint density at radius 2 is 2.08 bits per heavy atom. The molecule has 1 aromatic rings. The number of nitrogens with zero attached hydrogens (tertiary/aromatic N) is 3. The summed E-state index contributed by atoms with van der Waals surface area (Å²) >= 11 is 0. The predicted molar refractivity (Wildman–Crippen MR) is 98.9 cm³/mol. The molecule has 8 heteroatoms. The number of rotatable bonds is 6. The van der Waals surface area contributed by atoms with Crippen molar-refractivity contribution in [2.24, 2.45) is 13.0 Å². The Labute approximate surface area is 155 Å². The monoisotopic (exact) mass is 380 g/mol. The molecule has 0 unspecified atom stereocenters. The minimum absolute atomic E-state index is 0.0521. The molecule has 0 aromatic carbocycles. The van der Waals surface area contributed by atoms with Crippen molar-refractivity contribution in [2.45, 2.75) is 50.0 Å². The highest BCUT2D eigenvalue weighted by Gasteiger charge is 2.33. The molecule has 0 radical (unpaired) electrons. The van der Waals surface area contributed by atoms with Crippen LogP contribution in [0.2, 0.25) is 0 Å². The van der Waals surface area contributed by atoms with Crippen LogP contribution in [0.5, 0.6) is 0 Å². The molecule has 1 fully saturated rings. The number of aromatic nitrogens is 2. The van der Waals surface area contributed by atoms with Gasteiger partial charge in [-0.15, -0.1) is 0 Å². The van der Waals surface area contributed by atoms with Crippen LogP contribution in [0.25, 0.3) is 0 Å². The second-order valence-electron chi connectivity index (χ2n) is 7.20. The van der Waals surface area contributed by atoms with Gasteiger partial charge < -0.3 is 9.88 Å². The first-order chi connectivity index (χ1) is 12.5. The van der Waals surface area contributed by atoms with Gasteiger partial charge in [0.25, 0.3) is 10.0 Å². The Balaban J connectivity index is 1.45. The summed E-state index contributed by atoms with van der Waals surface area (Å²) in [4.78, 5) is 16.3. The number of imidazole rings is 1. The molecular formula is C18H28N4O3S. The van der Waals surface area contributed by atoms with E-state index in [4.69, 9.17) is 0 Å². The van der Waals surface area contributed by atoms with Crippen molar-refractivity contribution in [3.8, 4) is 0 Å². The number of carbonyl (C=O) groups is 1. The molecule has 2 heterocycles. The fraction of sp³-hybridized carbons (Fsp3) is 0.667. The average molecular weight is 381 g/mol. The maximum atomic E-state index is 12.6. The molecule has 0 saturated carbocycles. The first kappa shape index (κ1) is 19.1.